The lowest BCUT2D eigenvalue weighted by Gasteiger charge is -2.12. The summed E-state index contributed by atoms with van der Waals surface area (Å²) in [7, 11) is 0. The van der Waals surface area contributed by atoms with Crippen LogP contribution in [-0.2, 0) is 9.53 Å². The normalized spacial score (nSPS) is 13.5. The van der Waals surface area contributed by atoms with E-state index in [2.05, 4.69) is 10.1 Å². The molecule has 4 nitrogen and oxygen atoms in total. The van der Waals surface area contributed by atoms with Gasteiger partial charge in [0.25, 0.3) is 0 Å². The lowest BCUT2D eigenvalue weighted by molar-refractivity contribution is -0.173. The summed E-state index contributed by atoms with van der Waals surface area (Å²) >= 11 is 0. The first kappa shape index (κ1) is 16.2. The van der Waals surface area contributed by atoms with Gasteiger partial charge in [0.1, 0.15) is 6.61 Å². The Morgan fingerprint density at radius 2 is 2.12 bits per heavy atom. The standard InChI is InChI=1S/C10H19F3N2O2/c1-8(3-2-4-14)9(16)15-5-6-17-7-10(11,12)13/h8H,2-7,14H2,1H3,(H,15,16). The second-order valence-electron chi connectivity index (χ2n) is 3.79. The number of amides is 1. The number of ether oxygens (including phenoxy) is 1. The van der Waals surface area contributed by atoms with Gasteiger partial charge in [-0.1, -0.05) is 6.92 Å². The molecule has 0 aliphatic heterocycles. The van der Waals surface area contributed by atoms with E-state index in [0.717, 1.165) is 6.42 Å². The summed E-state index contributed by atoms with van der Waals surface area (Å²) < 4.78 is 39.4. The molecular formula is C10H19F3N2O2. The van der Waals surface area contributed by atoms with E-state index in [4.69, 9.17) is 5.73 Å². The first-order valence-electron chi connectivity index (χ1n) is 5.49. The van der Waals surface area contributed by atoms with Gasteiger partial charge in [-0.05, 0) is 19.4 Å². The highest BCUT2D eigenvalue weighted by atomic mass is 19.4. The molecule has 1 amide bonds. The van der Waals surface area contributed by atoms with Gasteiger partial charge in [0.05, 0.1) is 6.61 Å². The number of hydrogen-bond donors (Lipinski definition) is 2. The molecule has 0 bridgehead atoms. The summed E-state index contributed by atoms with van der Waals surface area (Å²) in [6, 6.07) is 0. The van der Waals surface area contributed by atoms with Crippen molar-refractivity contribution in [2.24, 2.45) is 11.7 Å². The van der Waals surface area contributed by atoms with Gasteiger partial charge in [0.15, 0.2) is 0 Å². The van der Waals surface area contributed by atoms with Gasteiger partial charge >= 0.3 is 6.18 Å². The predicted octanol–water partition coefficient (Wildman–Crippen LogP) is 1.06. The summed E-state index contributed by atoms with van der Waals surface area (Å²) in [6.45, 7) is 0.927. The third-order valence-electron chi connectivity index (χ3n) is 2.10. The zero-order chi connectivity index (χ0) is 13.3. The quantitative estimate of drug-likeness (QED) is 0.638. The van der Waals surface area contributed by atoms with Crippen LogP contribution in [0.3, 0.4) is 0 Å². The van der Waals surface area contributed by atoms with E-state index < -0.39 is 12.8 Å². The molecule has 0 heterocycles. The highest BCUT2D eigenvalue weighted by molar-refractivity contribution is 5.78. The average Bonchev–Trinajstić information content (AvgIpc) is 2.23. The molecule has 0 fully saturated rings. The first-order chi connectivity index (χ1) is 7.87. The van der Waals surface area contributed by atoms with Gasteiger partial charge in [-0.2, -0.15) is 13.2 Å². The number of carbonyl (C=O) groups is 1. The first-order valence-corrected chi connectivity index (χ1v) is 5.49. The van der Waals surface area contributed by atoms with Gasteiger partial charge in [-0.3, -0.25) is 4.79 Å². The smallest absolute Gasteiger partial charge is 0.370 e. The maximum Gasteiger partial charge on any atom is 0.411 e. The summed E-state index contributed by atoms with van der Waals surface area (Å²) in [5.74, 6) is -0.366. The molecule has 0 aromatic carbocycles. The molecule has 102 valence electrons. The molecule has 1 atom stereocenters. The van der Waals surface area contributed by atoms with Crippen LogP contribution < -0.4 is 11.1 Å². The topological polar surface area (TPSA) is 64.4 Å². The number of halogens is 3. The van der Waals surface area contributed by atoms with Gasteiger partial charge in [-0.15, -0.1) is 0 Å². The molecule has 1 unspecified atom stereocenters. The van der Waals surface area contributed by atoms with E-state index in [-0.39, 0.29) is 25.0 Å². The van der Waals surface area contributed by atoms with Crippen LogP contribution in [0, 0.1) is 5.92 Å². The van der Waals surface area contributed by atoms with Crippen molar-refractivity contribution in [1.29, 1.82) is 0 Å². The number of rotatable bonds is 8. The Morgan fingerprint density at radius 3 is 2.65 bits per heavy atom. The number of nitrogens with one attached hydrogen (secondary N) is 1. The monoisotopic (exact) mass is 256 g/mol. The van der Waals surface area contributed by atoms with Crippen LogP contribution in [0.5, 0.6) is 0 Å². The lowest BCUT2D eigenvalue weighted by atomic mass is 10.1. The highest BCUT2D eigenvalue weighted by Gasteiger charge is 2.27. The van der Waals surface area contributed by atoms with Crippen LogP contribution in [0.1, 0.15) is 19.8 Å². The van der Waals surface area contributed by atoms with Gasteiger partial charge in [-0.25, -0.2) is 0 Å². The Balaban J connectivity index is 3.51. The van der Waals surface area contributed by atoms with Crippen molar-refractivity contribution < 1.29 is 22.7 Å². The Hall–Kier alpha value is -0.820. The summed E-state index contributed by atoms with van der Waals surface area (Å²) in [5, 5.41) is 2.51. The molecule has 0 rings (SSSR count). The van der Waals surface area contributed by atoms with Crippen LogP contribution in [-0.4, -0.2) is 38.4 Å². The fourth-order valence-electron chi connectivity index (χ4n) is 1.16. The number of hydrogen-bond acceptors (Lipinski definition) is 3. The third-order valence-corrected chi connectivity index (χ3v) is 2.10. The second-order valence-corrected chi connectivity index (χ2v) is 3.79. The fraction of sp³-hybridized carbons (Fsp3) is 0.900. The molecule has 3 N–H and O–H groups in total. The molecule has 0 aliphatic carbocycles. The highest BCUT2D eigenvalue weighted by Crippen LogP contribution is 2.13. The predicted molar refractivity (Wildman–Crippen MR) is 57.3 cm³/mol. The maximum absolute atomic E-state index is 11.7. The van der Waals surface area contributed by atoms with Crippen molar-refractivity contribution in [3.63, 3.8) is 0 Å². The molecule has 7 heteroatoms. The minimum Gasteiger partial charge on any atom is -0.370 e. The van der Waals surface area contributed by atoms with Gasteiger partial charge in [0.2, 0.25) is 5.91 Å². The van der Waals surface area contributed by atoms with Crippen LogP contribution in [0.2, 0.25) is 0 Å². The SMILES string of the molecule is CC(CCCN)C(=O)NCCOCC(F)(F)F. The molecule has 0 aromatic heterocycles. The van der Waals surface area contributed by atoms with Crippen molar-refractivity contribution in [2.45, 2.75) is 25.9 Å². The molecule has 0 radical (unpaired) electrons. The summed E-state index contributed by atoms with van der Waals surface area (Å²) in [5.41, 5.74) is 5.30. The third kappa shape index (κ3) is 10.1. The zero-order valence-corrected chi connectivity index (χ0v) is 9.85. The van der Waals surface area contributed by atoms with Gasteiger partial charge < -0.3 is 15.8 Å². The van der Waals surface area contributed by atoms with E-state index in [1.807, 2.05) is 0 Å². The number of alkyl halides is 3. The summed E-state index contributed by atoms with van der Waals surface area (Å²) in [4.78, 5) is 11.4. The average molecular weight is 256 g/mol. The van der Waals surface area contributed by atoms with Crippen LogP contribution >= 0.6 is 0 Å². The maximum atomic E-state index is 11.7. The van der Waals surface area contributed by atoms with Crippen molar-refractivity contribution >= 4 is 5.91 Å². The van der Waals surface area contributed by atoms with Gasteiger partial charge in [0, 0.05) is 12.5 Å². The Kier molecular flexibility index (Phi) is 7.90. The summed E-state index contributed by atoms with van der Waals surface area (Å²) in [6.07, 6.45) is -2.90. The van der Waals surface area contributed by atoms with E-state index in [0.29, 0.717) is 13.0 Å². The van der Waals surface area contributed by atoms with E-state index >= 15 is 0 Å². The lowest BCUT2D eigenvalue weighted by Crippen LogP contribution is -2.33. The number of carbonyl (C=O) groups excluding carboxylic acids is 1. The van der Waals surface area contributed by atoms with Crippen LogP contribution in [0.25, 0.3) is 0 Å². The van der Waals surface area contributed by atoms with Crippen LogP contribution in [0.15, 0.2) is 0 Å². The molecule has 0 saturated heterocycles. The Labute approximate surface area is 98.7 Å². The Morgan fingerprint density at radius 1 is 1.47 bits per heavy atom. The molecule has 0 saturated carbocycles. The zero-order valence-electron chi connectivity index (χ0n) is 9.85. The van der Waals surface area contributed by atoms with Crippen molar-refractivity contribution in [2.75, 3.05) is 26.3 Å². The molecular weight excluding hydrogens is 237 g/mol. The van der Waals surface area contributed by atoms with Crippen molar-refractivity contribution in [3.8, 4) is 0 Å². The molecule has 0 aromatic rings. The minimum absolute atomic E-state index is 0.0852. The molecule has 17 heavy (non-hydrogen) atoms. The van der Waals surface area contributed by atoms with E-state index in [1.54, 1.807) is 6.92 Å². The van der Waals surface area contributed by atoms with E-state index in [1.165, 1.54) is 0 Å². The van der Waals surface area contributed by atoms with Crippen molar-refractivity contribution in [3.05, 3.63) is 0 Å². The molecule has 0 spiro atoms. The second kappa shape index (κ2) is 8.30. The largest absolute Gasteiger partial charge is 0.411 e. The number of nitrogens with two attached hydrogens (primary N) is 1. The van der Waals surface area contributed by atoms with Crippen LogP contribution in [0.4, 0.5) is 13.2 Å². The molecule has 0 aliphatic rings. The van der Waals surface area contributed by atoms with Crippen molar-refractivity contribution in [1.82, 2.24) is 5.32 Å². The van der Waals surface area contributed by atoms with E-state index in [9.17, 15) is 18.0 Å². The Bertz CT molecular complexity index is 222. The minimum atomic E-state index is -4.32. The fourth-order valence-corrected chi connectivity index (χ4v) is 1.16.